The summed E-state index contributed by atoms with van der Waals surface area (Å²) in [5.41, 5.74) is 2.95. The Hall–Kier alpha value is -3.38. The van der Waals surface area contributed by atoms with E-state index in [0.29, 0.717) is 15.8 Å². The van der Waals surface area contributed by atoms with E-state index in [1.165, 1.54) is 6.21 Å². The smallest absolute Gasteiger partial charge is 0.277 e. The number of phenolic OH excluding ortho intramolecular Hbond substituents is 1. The van der Waals surface area contributed by atoms with E-state index in [1.54, 1.807) is 0 Å². The first-order valence-electron chi connectivity index (χ1n) is 8.95. The van der Waals surface area contributed by atoms with Crippen molar-refractivity contribution in [2.75, 3.05) is 6.61 Å². The van der Waals surface area contributed by atoms with Gasteiger partial charge >= 0.3 is 0 Å². The number of amides is 1. The Morgan fingerprint density at radius 1 is 1.00 bits per heavy atom. The van der Waals surface area contributed by atoms with Crippen LogP contribution in [0.1, 0.15) is 5.56 Å². The van der Waals surface area contributed by atoms with Gasteiger partial charge in [-0.2, -0.15) is 5.10 Å². The predicted molar refractivity (Wildman–Crippen MR) is 118 cm³/mol. The molecule has 0 aromatic heterocycles. The Morgan fingerprint density at radius 2 is 1.72 bits per heavy atom. The SMILES string of the molecule is O=C(COc1ccc2ccccc2c1)N/N=C/c1c(O)c(Br)cc2ccccc12. The number of fused-ring (bicyclic) bond motifs is 2. The average Bonchev–Trinajstić information content (AvgIpc) is 2.74. The highest BCUT2D eigenvalue weighted by Gasteiger charge is 2.09. The lowest BCUT2D eigenvalue weighted by atomic mass is 10.0. The number of hydrogen-bond acceptors (Lipinski definition) is 4. The number of hydrazone groups is 1. The monoisotopic (exact) mass is 448 g/mol. The molecule has 0 saturated heterocycles. The summed E-state index contributed by atoms with van der Waals surface area (Å²) in [7, 11) is 0. The van der Waals surface area contributed by atoms with Gasteiger partial charge in [-0.25, -0.2) is 5.43 Å². The van der Waals surface area contributed by atoms with Gasteiger partial charge in [-0.1, -0.05) is 54.6 Å². The lowest BCUT2D eigenvalue weighted by molar-refractivity contribution is -0.123. The molecule has 0 aliphatic rings. The normalized spacial score (nSPS) is 11.2. The largest absolute Gasteiger partial charge is 0.506 e. The van der Waals surface area contributed by atoms with Crippen LogP contribution in [0, 0.1) is 0 Å². The fraction of sp³-hybridized carbons (Fsp3) is 0.0435. The molecule has 0 aliphatic heterocycles. The van der Waals surface area contributed by atoms with E-state index in [1.807, 2.05) is 72.8 Å². The second-order valence-electron chi connectivity index (χ2n) is 6.43. The van der Waals surface area contributed by atoms with Gasteiger partial charge in [-0.3, -0.25) is 4.79 Å². The van der Waals surface area contributed by atoms with Crippen LogP contribution in [0.15, 0.2) is 82.4 Å². The topological polar surface area (TPSA) is 70.9 Å². The van der Waals surface area contributed by atoms with Gasteiger partial charge in [-0.05, 0) is 55.7 Å². The van der Waals surface area contributed by atoms with Gasteiger partial charge in [-0.15, -0.1) is 0 Å². The van der Waals surface area contributed by atoms with Crippen LogP contribution in [-0.2, 0) is 4.79 Å². The van der Waals surface area contributed by atoms with Gasteiger partial charge in [0, 0.05) is 5.56 Å². The zero-order valence-electron chi connectivity index (χ0n) is 15.3. The number of hydrogen-bond donors (Lipinski definition) is 2. The summed E-state index contributed by atoms with van der Waals surface area (Å²) in [5, 5.41) is 18.2. The van der Waals surface area contributed by atoms with Crippen LogP contribution in [0.2, 0.25) is 0 Å². The summed E-state index contributed by atoms with van der Waals surface area (Å²) in [5.74, 6) is 0.278. The number of ether oxygens (including phenoxy) is 1. The summed E-state index contributed by atoms with van der Waals surface area (Å²) in [4.78, 5) is 12.1. The van der Waals surface area contributed by atoms with Gasteiger partial charge in [0.25, 0.3) is 5.91 Å². The molecule has 2 N–H and O–H groups in total. The van der Waals surface area contributed by atoms with Crippen molar-refractivity contribution in [2.45, 2.75) is 0 Å². The standard InChI is InChI=1S/C23H17BrN2O3/c24-21-12-17-7-3-4-8-19(17)20(23(21)28)13-25-26-22(27)14-29-18-10-9-15-5-1-2-6-16(15)11-18/h1-13,28H,14H2,(H,26,27)/b25-13+. The molecule has 0 unspecified atom stereocenters. The van der Waals surface area contributed by atoms with E-state index in [9.17, 15) is 9.90 Å². The lowest BCUT2D eigenvalue weighted by Crippen LogP contribution is -2.24. The molecule has 0 heterocycles. The number of nitrogens with zero attached hydrogens (tertiary/aromatic N) is 1. The minimum Gasteiger partial charge on any atom is -0.506 e. The quantitative estimate of drug-likeness (QED) is 0.333. The maximum absolute atomic E-state index is 12.1. The summed E-state index contributed by atoms with van der Waals surface area (Å²) < 4.78 is 6.11. The zero-order chi connectivity index (χ0) is 20.2. The molecule has 1 amide bonds. The number of carbonyl (C=O) groups is 1. The molecule has 0 bridgehead atoms. The highest BCUT2D eigenvalue weighted by Crippen LogP contribution is 2.33. The maximum Gasteiger partial charge on any atom is 0.277 e. The molecule has 144 valence electrons. The van der Waals surface area contributed by atoms with Crippen LogP contribution >= 0.6 is 15.9 Å². The molecule has 4 rings (SSSR count). The number of phenols is 1. The maximum atomic E-state index is 12.1. The number of aromatic hydroxyl groups is 1. The predicted octanol–water partition coefficient (Wildman–Crippen LogP) is 4.99. The van der Waals surface area contributed by atoms with Crippen LogP contribution in [0.4, 0.5) is 0 Å². The van der Waals surface area contributed by atoms with E-state index < -0.39 is 5.91 Å². The van der Waals surface area contributed by atoms with Crippen LogP contribution in [0.5, 0.6) is 11.5 Å². The number of benzene rings is 4. The molecular formula is C23H17BrN2O3. The molecule has 4 aromatic carbocycles. The third kappa shape index (κ3) is 4.22. The van der Waals surface area contributed by atoms with Crippen molar-refractivity contribution >= 4 is 49.6 Å². The van der Waals surface area contributed by atoms with Crippen molar-refractivity contribution in [3.8, 4) is 11.5 Å². The summed E-state index contributed by atoms with van der Waals surface area (Å²) in [6.45, 7) is -0.166. The van der Waals surface area contributed by atoms with Gasteiger partial charge in [0.2, 0.25) is 0 Å². The summed E-state index contributed by atoms with van der Waals surface area (Å²) >= 11 is 3.34. The molecule has 29 heavy (non-hydrogen) atoms. The number of nitrogens with one attached hydrogen (secondary N) is 1. The van der Waals surface area contributed by atoms with Crippen molar-refractivity contribution in [2.24, 2.45) is 5.10 Å². The molecule has 0 fully saturated rings. The minimum absolute atomic E-state index is 0.0640. The van der Waals surface area contributed by atoms with Crippen LogP contribution in [-0.4, -0.2) is 23.8 Å². The van der Waals surface area contributed by atoms with Gasteiger partial charge in [0.15, 0.2) is 6.61 Å². The van der Waals surface area contributed by atoms with E-state index in [0.717, 1.165) is 21.5 Å². The van der Waals surface area contributed by atoms with Gasteiger partial charge in [0.05, 0.1) is 10.7 Å². The van der Waals surface area contributed by atoms with E-state index in [2.05, 4.69) is 26.5 Å². The van der Waals surface area contributed by atoms with Crippen molar-refractivity contribution in [3.05, 3.63) is 82.8 Å². The third-order valence-corrected chi connectivity index (χ3v) is 5.09. The number of halogens is 1. The van der Waals surface area contributed by atoms with Crippen LogP contribution in [0.25, 0.3) is 21.5 Å². The van der Waals surface area contributed by atoms with Crippen LogP contribution < -0.4 is 10.2 Å². The van der Waals surface area contributed by atoms with E-state index >= 15 is 0 Å². The first-order valence-corrected chi connectivity index (χ1v) is 9.75. The van der Waals surface area contributed by atoms with Crippen molar-refractivity contribution in [3.63, 3.8) is 0 Å². The molecular weight excluding hydrogens is 432 g/mol. The summed E-state index contributed by atoms with van der Waals surface area (Å²) in [6, 6.07) is 23.0. The van der Waals surface area contributed by atoms with Crippen molar-refractivity contribution < 1.29 is 14.6 Å². The molecule has 0 spiro atoms. The Morgan fingerprint density at radius 3 is 2.55 bits per heavy atom. The lowest BCUT2D eigenvalue weighted by Gasteiger charge is -2.08. The molecule has 6 heteroatoms. The zero-order valence-corrected chi connectivity index (χ0v) is 16.9. The Labute approximate surface area is 175 Å². The molecule has 0 radical (unpaired) electrons. The molecule has 5 nitrogen and oxygen atoms in total. The number of rotatable bonds is 5. The fourth-order valence-electron chi connectivity index (χ4n) is 3.07. The van der Waals surface area contributed by atoms with Crippen molar-refractivity contribution in [1.82, 2.24) is 5.43 Å². The van der Waals surface area contributed by atoms with Crippen molar-refractivity contribution in [1.29, 1.82) is 0 Å². The number of carbonyl (C=O) groups excluding carboxylic acids is 1. The Balaban J connectivity index is 1.42. The van der Waals surface area contributed by atoms with E-state index in [4.69, 9.17) is 4.74 Å². The van der Waals surface area contributed by atoms with E-state index in [-0.39, 0.29) is 12.4 Å². The minimum atomic E-state index is -0.395. The highest BCUT2D eigenvalue weighted by molar-refractivity contribution is 9.10. The highest BCUT2D eigenvalue weighted by atomic mass is 79.9. The van der Waals surface area contributed by atoms with Gasteiger partial charge in [0.1, 0.15) is 11.5 Å². The third-order valence-electron chi connectivity index (χ3n) is 4.49. The average molecular weight is 449 g/mol. The second-order valence-corrected chi connectivity index (χ2v) is 7.29. The second kappa shape index (κ2) is 8.32. The molecule has 0 atom stereocenters. The van der Waals surface area contributed by atoms with Crippen LogP contribution in [0.3, 0.4) is 0 Å². The Kier molecular flexibility index (Phi) is 5.44. The molecule has 0 saturated carbocycles. The van der Waals surface area contributed by atoms with Gasteiger partial charge < -0.3 is 9.84 Å². The Bertz CT molecular complexity index is 1240. The first kappa shape index (κ1) is 19.0. The first-order chi connectivity index (χ1) is 14.1. The molecule has 0 aliphatic carbocycles. The summed E-state index contributed by atoms with van der Waals surface area (Å²) in [6.07, 6.45) is 1.43. The molecule has 4 aromatic rings. The fourth-order valence-corrected chi connectivity index (χ4v) is 3.53.